The van der Waals surface area contributed by atoms with Gasteiger partial charge >= 0.3 is 5.97 Å². The Bertz CT molecular complexity index is 535. The van der Waals surface area contributed by atoms with Crippen molar-refractivity contribution in [3.63, 3.8) is 0 Å². The van der Waals surface area contributed by atoms with E-state index in [1.807, 2.05) is 0 Å². The molecule has 1 fully saturated rings. The van der Waals surface area contributed by atoms with E-state index in [0.29, 0.717) is 23.9 Å². The highest BCUT2D eigenvalue weighted by molar-refractivity contribution is 6.31. The van der Waals surface area contributed by atoms with Crippen molar-refractivity contribution in [3.8, 4) is 0 Å². The monoisotopic (exact) mass is 298 g/mol. The van der Waals surface area contributed by atoms with Crippen LogP contribution in [0.25, 0.3) is 0 Å². The number of morpholine rings is 1. The van der Waals surface area contributed by atoms with Gasteiger partial charge in [0.05, 0.1) is 24.5 Å². The molecule has 0 radical (unpaired) electrons. The number of amides is 1. The molecule has 1 heterocycles. The third-order valence-electron chi connectivity index (χ3n) is 3.18. The van der Waals surface area contributed by atoms with Crippen LogP contribution in [0, 0.1) is 0 Å². The summed E-state index contributed by atoms with van der Waals surface area (Å²) in [5, 5.41) is 12.2. The molecule has 1 aliphatic heterocycles. The Labute approximate surface area is 121 Å². The molecule has 6 nitrogen and oxygen atoms in total. The topological polar surface area (TPSA) is 78.9 Å². The number of carboxylic acids is 1. The lowest BCUT2D eigenvalue weighted by Gasteiger charge is -2.36. The van der Waals surface area contributed by atoms with Crippen LogP contribution in [-0.4, -0.2) is 49.8 Å². The second-order valence-corrected chi connectivity index (χ2v) is 4.80. The summed E-state index contributed by atoms with van der Waals surface area (Å²) in [5.74, 6) is -1.28. The van der Waals surface area contributed by atoms with Gasteiger partial charge in [-0.2, -0.15) is 0 Å². The number of aromatic carboxylic acids is 1. The van der Waals surface area contributed by atoms with E-state index in [9.17, 15) is 14.7 Å². The minimum absolute atomic E-state index is 0.116. The van der Waals surface area contributed by atoms with Crippen molar-refractivity contribution in [2.24, 2.45) is 0 Å². The van der Waals surface area contributed by atoms with Gasteiger partial charge in [-0.3, -0.25) is 4.79 Å². The van der Waals surface area contributed by atoms with Crippen LogP contribution in [0.1, 0.15) is 10.4 Å². The number of carboxylic acid groups (broad SMARTS) is 1. The van der Waals surface area contributed by atoms with Crippen molar-refractivity contribution in [2.45, 2.75) is 6.04 Å². The zero-order valence-corrected chi connectivity index (χ0v) is 11.7. The Morgan fingerprint density at radius 2 is 2.25 bits per heavy atom. The molecule has 1 aromatic carbocycles. The molecule has 20 heavy (non-hydrogen) atoms. The smallest absolute Gasteiger partial charge is 0.337 e. The summed E-state index contributed by atoms with van der Waals surface area (Å²) in [5.41, 5.74) is 0.548. The van der Waals surface area contributed by atoms with E-state index >= 15 is 0 Å². The van der Waals surface area contributed by atoms with Gasteiger partial charge in [0.25, 0.3) is 0 Å². The third kappa shape index (κ3) is 2.86. The number of nitrogens with zero attached hydrogens (tertiary/aromatic N) is 1. The molecule has 1 saturated heterocycles. The molecule has 7 heteroatoms. The van der Waals surface area contributed by atoms with Gasteiger partial charge < -0.3 is 20.1 Å². The highest BCUT2D eigenvalue weighted by Crippen LogP contribution is 2.28. The fraction of sp³-hybridized carbons (Fsp3) is 0.385. The number of ether oxygens (including phenoxy) is 1. The fourth-order valence-electron chi connectivity index (χ4n) is 2.20. The minimum Gasteiger partial charge on any atom is -0.478 e. The van der Waals surface area contributed by atoms with Gasteiger partial charge in [0, 0.05) is 18.6 Å². The van der Waals surface area contributed by atoms with Gasteiger partial charge in [-0.25, -0.2) is 4.79 Å². The number of halogens is 1. The molecule has 0 spiro atoms. The molecule has 2 N–H and O–H groups in total. The average Bonchev–Trinajstić information content (AvgIpc) is 2.46. The van der Waals surface area contributed by atoms with Gasteiger partial charge in [0.2, 0.25) is 5.91 Å². The van der Waals surface area contributed by atoms with Crippen LogP contribution in [0.15, 0.2) is 18.2 Å². The normalized spacial score (nSPS) is 18.7. The van der Waals surface area contributed by atoms with Crippen molar-refractivity contribution in [3.05, 3.63) is 28.8 Å². The Hall–Kier alpha value is -1.79. The number of rotatable bonds is 3. The number of hydrogen-bond acceptors (Lipinski definition) is 4. The first-order valence-corrected chi connectivity index (χ1v) is 6.51. The molecule has 0 saturated carbocycles. The van der Waals surface area contributed by atoms with Crippen molar-refractivity contribution in [1.29, 1.82) is 0 Å². The van der Waals surface area contributed by atoms with Crippen LogP contribution in [0.3, 0.4) is 0 Å². The minimum atomic E-state index is -1.06. The van der Waals surface area contributed by atoms with E-state index in [1.54, 1.807) is 11.0 Å². The molecule has 1 aliphatic rings. The molecule has 2 rings (SSSR count). The number of likely N-dealkylation sites (N-methyl/N-ethyl adjacent to an activating group) is 1. The van der Waals surface area contributed by atoms with Gasteiger partial charge in [0.1, 0.15) is 6.04 Å². The number of hydrogen-bond donors (Lipinski definition) is 2. The van der Waals surface area contributed by atoms with E-state index in [1.165, 1.54) is 19.2 Å². The summed E-state index contributed by atoms with van der Waals surface area (Å²) in [4.78, 5) is 24.9. The maximum atomic E-state index is 11.9. The predicted octanol–water partition coefficient (Wildman–Crippen LogP) is 0.989. The maximum absolute atomic E-state index is 11.9. The fourth-order valence-corrected chi connectivity index (χ4v) is 2.37. The van der Waals surface area contributed by atoms with Crippen molar-refractivity contribution in [1.82, 2.24) is 5.32 Å². The summed E-state index contributed by atoms with van der Waals surface area (Å²) in [6, 6.07) is 3.96. The average molecular weight is 299 g/mol. The molecule has 108 valence electrons. The molecule has 0 bridgehead atoms. The van der Waals surface area contributed by atoms with E-state index in [-0.39, 0.29) is 18.1 Å². The largest absolute Gasteiger partial charge is 0.478 e. The number of anilines is 1. The summed E-state index contributed by atoms with van der Waals surface area (Å²) in [6.45, 7) is 1.07. The lowest BCUT2D eigenvalue weighted by molar-refractivity contribution is -0.124. The third-order valence-corrected chi connectivity index (χ3v) is 3.41. The Balaban J connectivity index is 2.44. The highest BCUT2D eigenvalue weighted by atomic mass is 35.5. The summed E-state index contributed by atoms with van der Waals surface area (Å²) < 4.78 is 5.30. The number of benzene rings is 1. The van der Waals surface area contributed by atoms with E-state index in [2.05, 4.69) is 5.32 Å². The number of carbonyl (C=O) groups is 2. The van der Waals surface area contributed by atoms with Gasteiger partial charge in [-0.15, -0.1) is 0 Å². The highest BCUT2D eigenvalue weighted by Gasteiger charge is 2.31. The Morgan fingerprint density at radius 1 is 1.50 bits per heavy atom. The molecule has 0 aromatic heterocycles. The molecule has 1 unspecified atom stereocenters. The molecule has 1 aromatic rings. The standard InChI is InChI=1S/C13H15ClN2O4/c1-15-12(17)11-7-20-5-4-16(11)10-6-8(14)2-3-9(10)13(18)19/h2-3,6,11H,4-5,7H2,1H3,(H,15,17)(H,18,19). The van der Waals surface area contributed by atoms with E-state index in [4.69, 9.17) is 16.3 Å². The molecule has 1 amide bonds. The summed E-state index contributed by atoms with van der Waals surface area (Å²) in [6.07, 6.45) is 0. The quantitative estimate of drug-likeness (QED) is 0.870. The maximum Gasteiger partial charge on any atom is 0.337 e. The van der Waals surface area contributed by atoms with Crippen molar-refractivity contribution >= 4 is 29.2 Å². The van der Waals surface area contributed by atoms with Crippen LogP contribution in [-0.2, 0) is 9.53 Å². The van der Waals surface area contributed by atoms with E-state index < -0.39 is 12.0 Å². The van der Waals surface area contributed by atoms with Crippen LogP contribution in [0.5, 0.6) is 0 Å². The van der Waals surface area contributed by atoms with Crippen molar-refractivity contribution < 1.29 is 19.4 Å². The molecule has 1 atom stereocenters. The SMILES string of the molecule is CNC(=O)C1COCCN1c1cc(Cl)ccc1C(=O)O. The molecular formula is C13H15ClN2O4. The zero-order valence-electron chi connectivity index (χ0n) is 10.9. The van der Waals surface area contributed by atoms with Crippen LogP contribution in [0.4, 0.5) is 5.69 Å². The number of carbonyl (C=O) groups excluding carboxylic acids is 1. The van der Waals surface area contributed by atoms with Crippen LogP contribution < -0.4 is 10.2 Å². The van der Waals surface area contributed by atoms with Crippen LogP contribution >= 0.6 is 11.6 Å². The molecular weight excluding hydrogens is 284 g/mol. The van der Waals surface area contributed by atoms with Gasteiger partial charge in [0.15, 0.2) is 0 Å². The first-order valence-electron chi connectivity index (χ1n) is 6.13. The first-order chi connectivity index (χ1) is 9.54. The summed E-state index contributed by atoms with van der Waals surface area (Å²) in [7, 11) is 1.53. The Kier molecular flexibility index (Phi) is 4.46. The van der Waals surface area contributed by atoms with E-state index in [0.717, 1.165) is 0 Å². The molecule has 0 aliphatic carbocycles. The van der Waals surface area contributed by atoms with Crippen molar-refractivity contribution in [2.75, 3.05) is 31.7 Å². The Morgan fingerprint density at radius 3 is 2.90 bits per heavy atom. The van der Waals surface area contributed by atoms with Crippen LogP contribution in [0.2, 0.25) is 5.02 Å². The van der Waals surface area contributed by atoms with Gasteiger partial charge in [-0.1, -0.05) is 11.6 Å². The zero-order chi connectivity index (χ0) is 14.7. The lowest BCUT2D eigenvalue weighted by Crippen LogP contribution is -2.53. The summed E-state index contributed by atoms with van der Waals surface area (Å²) >= 11 is 5.95. The predicted molar refractivity (Wildman–Crippen MR) is 74.4 cm³/mol. The second-order valence-electron chi connectivity index (χ2n) is 4.36. The van der Waals surface area contributed by atoms with Gasteiger partial charge in [-0.05, 0) is 18.2 Å². The second kappa shape index (κ2) is 6.11. The number of nitrogens with one attached hydrogen (secondary N) is 1. The lowest BCUT2D eigenvalue weighted by atomic mass is 10.1. The first kappa shape index (κ1) is 14.6.